The third kappa shape index (κ3) is 5.66. The topological polar surface area (TPSA) is 103 Å². The maximum atomic E-state index is 12.9. The van der Waals surface area contributed by atoms with Crippen LogP contribution in [0.15, 0.2) is 71.6 Å². The van der Waals surface area contributed by atoms with Crippen LogP contribution in [0, 0.1) is 0 Å². The van der Waals surface area contributed by atoms with Crippen LogP contribution in [0.1, 0.15) is 25.0 Å². The van der Waals surface area contributed by atoms with E-state index in [-0.39, 0.29) is 17.2 Å². The zero-order chi connectivity index (χ0) is 27.3. The van der Waals surface area contributed by atoms with Gasteiger partial charge in [-0.05, 0) is 47.5 Å². The molecule has 0 atom stereocenters. The van der Waals surface area contributed by atoms with Crippen LogP contribution < -0.4 is 14.8 Å². The second kappa shape index (κ2) is 11.7. The highest BCUT2D eigenvalue weighted by Gasteiger charge is 2.21. The Bertz CT molecular complexity index is 1530. The minimum Gasteiger partial charge on any atom is -0.493 e. The Morgan fingerprint density at radius 2 is 1.58 bits per heavy atom. The lowest BCUT2D eigenvalue weighted by Gasteiger charge is -2.18. The van der Waals surface area contributed by atoms with Crippen molar-refractivity contribution in [3.05, 3.63) is 77.9 Å². The van der Waals surface area contributed by atoms with E-state index in [0.29, 0.717) is 37.0 Å². The van der Waals surface area contributed by atoms with Gasteiger partial charge in [-0.1, -0.05) is 44.2 Å². The number of aromatic nitrogens is 2. The van der Waals surface area contributed by atoms with Crippen molar-refractivity contribution in [2.75, 3.05) is 32.6 Å². The van der Waals surface area contributed by atoms with E-state index >= 15 is 0 Å². The number of fused-ring (bicyclic) bond motifs is 1. The molecule has 9 nitrogen and oxygen atoms in total. The molecule has 0 unspecified atom stereocenters. The molecule has 1 aromatic heterocycles. The van der Waals surface area contributed by atoms with Gasteiger partial charge in [0.15, 0.2) is 17.3 Å². The van der Waals surface area contributed by atoms with Crippen molar-refractivity contribution in [2.45, 2.75) is 31.7 Å². The van der Waals surface area contributed by atoms with E-state index in [0.717, 1.165) is 22.0 Å². The first-order valence-electron chi connectivity index (χ1n) is 12.4. The first kappa shape index (κ1) is 27.2. The van der Waals surface area contributed by atoms with Crippen molar-refractivity contribution in [2.24, 2.45) is 0 Å². The lowest BCUT2D eigenvalue weighted by Crippen LogP contribution is -2.30. The number of anilines is 1. The molecule has 0 aliphatic heterocycles. The predicted molar refractivity (Wildman–Crippen MR) is 147 cm³/mol. The van der Waals surface area contributed by atoms with Crippen molar-refractivity contribution in [1.29, 1.82) is 0 Å². The van der Waals surface area contributed by atoms with Crippen LogP contribution in [0.4, 0.5) is 5.82 Å². The minimum atomic E-state index is -3.52. The van der Waals surface area contributed by atoms with E-state index < -0.39 is 10.0 Å². The number of sulfonamides is 1. The third-order valence-corrected chi connectivity index (χ3v) is 8.39. The number of nitrogens with zero attached hydrogens (tertiary/aromatic N) is 3. The summed E-state index contributed by atoms with van der Waals surface area (Å²) in [7, 11) is -0.403. The number of amides is 1. The number of para-hydroxylation sites is 1. The Morgan fingerprint density at radius 3 is 2.24 bits per heavy atom. The van der Waals surface area contributed by atoms with Gasteiger partial charge in [0.05, 0.1) is 37.6 Å². The highest BCUT2D eigenvalue weighted by atomic mass is 32.2. The number of hydrogen-bond donors (Lipinski definition) is 1. The molecule has 0 saturated carbocycles. The van der Waals surface area contributed by atoms with Gasteiger partial charge in [0.1, 0.15) is 0 Å². The summed E-state index contributed by atoms with van der Waals surface area (Å²) in [5.41, 5.74) is 2.53. The van der Waals surface area contributed by atoms with Crippen LogP contribution in [0.25, 0.3) is 10.9 Å². The Labute approximate surface area is 223 Å². The molecule has 4 aromatic rings. The van der Waals surface area contributed by atoms with E-state index in [1.807, 2.05) is 44.2 Å². The van der Waals surface area contributed by atoms with Gasteiger partial charge < -0.3 is 14.8 Å². The summed E-state index contributed by atoms with van der Waals surface area (Å²) in [6.07, 6.45) is 0.143. The van der Waals surface area contributed by atoms with Crippen LogP contribution in [-0.4, -0.2) is 55.7 Å². The Morgan fingerprint density at radius 1 is 0.921 bits per heavy atom. The number of hydrogen-bond acceptors (Lipinski definition) is 6. The van der Waals surface area contributed by atoms with Gasteiger partial charge in [0.2, 0.25) is 15.9 Å². The van der Waals surface area contributed by atoms with Crippen LogP contribution >= 0.6 is 0 Å². The number of carbonyl (C=O) groups is 1. The smallest absolute Gasteiger partial charge is 0.243 e. The van der Waals surface area contributed by atoms with E-state index in [9.17, 15) is 13.2 Å². The van der Waals surface area contributed by atoms with E-state index in [2.05, 4.69) is 10.4 Å². The molecule has 3 aromatic carbocycles. The molecular formula is C28H32N4O5S. The van der Waals surface area contributed by atoms with Gasteiger partial charge in [-0.2, -0.15) is 9.40 Å². The normalized spacial score (nSPS) is 11.6. The summed E-state index contributed by atoms with van der Waals surface area (Å²) in [5, 5.41) is 8.41. The standard InChI is InChI=1S/C28H32N4O5S/c1-5-31(6-2)38(34,35)22-14-11-20(12-15-22)19-32-24-10-8-7-9-23(24)28(30-32)29-27(33)18-21-13-16-25(36-3)26(17-21)37-4/h7-17H,5-6,18-19H2,1-4H3,(H,29,30,33). The molecule has 0 aliphatic carbocycles. The Balaban J connectivity index is 1.54. The highest BCUT2D eigenvalue weighted by molar-refractivity contribution is 7.89. The lowest BCUT2D eigenvalue weighted by molar-refractivity contribution is -0.115. The molecule has 1 amide bonds. The maximum Gasteiger partial charge on any atom is 0.243 e. The molecule has 1 N–H and O–H groups in total. The Kier molecular flexibility index (Phi) is 8.33. The minimum absolute atomic E-state index is 0.143. The van der Waals surface area contributed by atoms with Crippen molar-refractivity contribution in [3.8, 4) is 11.5 Å². The van der Waals surface area contributed by atoms with Gasteiger partial charge in [0.25, 0.3) is 0 Å². The number of benzene rings is 3. The summed E-state index contributed by atoms with van der Waals surface area (Å²) in [4.78, 5) is 13.2. The summed E-state index contributed by atoms with van der Waals surface area (Å²) >= 11 is 0. The molecular weight excluding hydrogens is 504 g/mol. The summed E-state index contributed by atoms with van der Waals surface area (Å²) in [6, 6.07) is 19.9. The largest absolute Gasteiger partial charge is 0.493 e. The molecule has 38 heavy (non-hydrogen) atoms. The van der Waals surface area contributed by atoms with Crippen molar-refractivity contribution in [3.63, 3.8) is 0 Å². The summed E-state index contributed by atoms with van der Waals surface area (Å²) in [6.45, 7) is 4.89. The van der Waals surface area contributed by atoms with Crippen LogP contribution in [0.3, 0.4) is 0 Å². The average Bonchev–Trinajstić information content (AvgIpc) is 3.26. The molecule has 200 valence electrons. The Hall–Kier alpha value is -3.89. The van der Waals surface area contributed by atoms with Crippen LogP contribution in [0.5, 0.6) is 11.5 Å². The molecule has 1 heterocycles. The fraction of sp³-hybridized carbons (Fsp3) is 0.286. The summed E-state index contributed by atoms with van der Waals surface area (Å²) in [5.74, 6) is 1.41. The van der Waals surface area contributed by atoms with Crippen LogP contribution in [0.2, 0.25) is 0 Å². The molecule has 0 fully saturated rings. The van der Waals surface area contributed by atoms with Gasteiger partial charge >= 0.3 is 0 Å². The fourth-order valence-electron chi connectivity index (χ4n) is 4.34. The molecule has 0 radical (unpaired) electrons. The lowest BCUT2D eigenvalue weighted by atomic mass is 10.1. The molecule has 0 bridgehead atoms. The maximum absolute atomic E-state index is 12.9. The van der Waals surface area contributed by atoms with Gasteiger partial charge in [0, 0.05) is 18.5 Å². The predicted octanol–water partition coefficient (Wildman–Crippen LogP) is 4.31. The van der Waals surface area contributed by atoms with Crippen molar-refractivity contribution in [1.82, 2.24) is 14.1 Å². The number of carbonyl (C=O) groups excluding carboxylic acids is 1. The van der Waals surface area contributed by atoms with Gasteiger partial charge in [-0.25, -0.2) is 8.42 Å². The number of rotatable bonds is 11. The molecule has 0 aliphatic rings. The number of ether oxygens (including phenoxy) is 2. The second-order valence-corrected chi connectivity index (χ2v) is 10.6. The van der Waals surface area contributed by atoms with Crippen molar-refractivity contribution < 1.29 is 22.7 Å². The zero-order valence-electron chi connectivity index (χ0n) is 22.0. The van der Waals surface area contributed by atoms with Gasteiger partial charge in [-0.15, -0.1) is 0 Å². The summed E-state index contributed by atoms with van der Waals surface area (Å²) < 4.78 is 39.4. The molecule has 0 spiro atoms. The third-order valence-electron chi connectivity index (χ3n) is 6.33. The SMILES string of the molecule is CCN(CC)S(=O)(=O)c1ccc(Cn2nc(NC(=O)Cc3ccc(OC)c(OC)c3)c3ccccc32)cc1. The highest BCUT2D eigenvalue weighted by Crippen LogP contribution is 2.28. The molecule has 0 saturated heterocycles. The number of methoxy groups -OCH3 is 2. The average molecular weight is 537 g/mol. The first-order valence-corrected chi connectivity index (χ1v) is 13.8. The van der Waals surface area contributed by atoms with E-state index in [4.69, 9.17) is 9.47 Å². The zero-order valence-corrected chi connectivity index (χ0v) is 22.8. The quantitative estimate of drug-likeness (QED) is 0.306. The van der Waals surface area contributed by atoms with Crippen LogP contribution in [-0.2, 0) is 27.8 Å². The van der Waals surface area contributed by atoms with E-state index in [1.165, 1.54) is 4.31 Å². The monoisotopic (exact) mass is 536 g/mol. The first-order chi connectivity index (χ1) is 18.3. The van der Waals surface area contributed by atoms with Gasteiger partial charge in [-0.3, -0.25) is 9.48 Å². The second-order valence-electron chi connectivity index (χ2n) is 8.67. The van der Waals surface area contributed by atoms with Crippen molar-refractivity contribution >= 4 is 32.7 Å². The molecule has 10 heteroatoms. The fourth-order valence-corrected chi connectivity index (χ4v) is 5.80. The number of nitrogens with one attached hydrogen (secondary N) is 1. The van der Waals surface area contributed by atoms with E-state index in [1.54, 1.807) is 55.3 Å². The molecule has 4 rings (SSSR count).